The molecule has 82 valence electrons. The predicted octanol–water partition coefficient (Wildman–Crippen LogP) is 3.60. The molecule has 2 aromatic carbocycles. The fraction of sp³-hybridized carbons (Fsp3) is 0.0625. The van der Waals surface area contributed by atoms with Gasteiger partial charge in [0.15, 0.2) is 5.78 Å². The molecule has 0 bridgehead atoms. The van der Waals surface area contributed by atoms with Gasteiger partial charge in [-0.1, -0.05) is 49.0 Å². The highest BCUT2D eigenvalue weighted by Gasteiger charge is 2.26. The van der Waals surface area contributed by atoms with Gasteiger partial charge in [-0.05, 0) is 29.2 Å². The zero-order chi connectivity index (χ0) is 12.0. The molecule has 3 rings (SSSR count). The van der Waals surface area contributed by atoms with Crippen LogP contribution in [0.5, 0.6) is 0 Å². The van der Waals surface area contributed by atoms with Gasteiger partial charge in [0.05, 0.1) is 0 Å². The Kier molecular flexibility index (Phi) is 2.02. The summed E-state index contributed by atoms with van der Waals surface area (Å²) in [6.07, 6.45) is 0. The maximum Gasteiger partial charge on any atom is 0.194 e. The number of hydrogen-bond acceptors (Lipinski definition) is 1. The Bertz CT molecular complexity index is 650. The van der Waals surface area contributed by atoms with Gasteiger partial charge in [-0.15, -0.1) is 0 Å². The number of benzene rings is 2. The number of carbonyl (C=O) groups is 1. The SMILES string of the molecule is C=C1c2ccccc2C(=O)c2cccc(C)c21. The fourth-order valence-electron chi connectivity index (χ4n) is 2.48. The lowest BCUT2D eigenvalue weighted by molar-refractivity contribution is 0.103. The zero-order valence-corrected chi connectivity index (χ0v) is 9.66. The molecule has 0 saturated carbocycles. The van der Waals surface area contributed by atoms with E-state index in [4.69, 9.17) is 0 Å². The highest BCUT2D eigenvalue weighted by molar-refractivity contribution is 6.18. The van der Waals surface area contributed by atoms with Crippen molar-refractivity contribution >= 4 is 11.4 Å². The smallest absolute Gasteiger partial charge is 0.194 e. The maximum atomic E-state index is 12.4. The molecule has 1 heteroatoms. The van der Waals surface area contributed by atoms with E-state index >= 15 is 0 Å². The summed E-state index contributed by atoms with van der Waals surface area (Å²) in [5.74, 6) is 0.103. The van der Waals surface area contributed by atoms with E-state index in [9.17, 15) is 4.79 Å². The molecule has 0 fully saturated rings. The first-order valence-corrected chi connectivity index (χ1v) is 5.63. The highest BCUT2D eigenvalue weighted by atomic mass is 16.1. The number of carbonyl (C=O) groups excluding carboxylic acids is 1. The molecule has 0 N–H and O–H groups in total. The van der Waals surface area contributed by atoms with Crippen LogP contribution in [-0.2, 0) is 0 Å². The van der Waals surface area contributed by atoms with E-state index in [1.165, 1.54) is 0 Å². The van der Waals surface area contributed by atoms with Crippen molar-refractivity contribution in [1.82, 2.24) is 0 Å². The molecule has 0 aromatic heterocycles. The summed E-state index contributed by atoms with van der Waals surface area (Å²) < 4.78 is 0. The molecule has 0 unspecified atom stereocenters. The highest BCUT2D eigenvalue weighted by Crippen LogP contribution is 2.36. The van der Waals surface area contributed by atoms with Crippen LogP contribution in [0.2, 0.25) is 0 Å². The van der Waals surface area contributed by atoms with Crippen LogP contribution in [0.15, 0.2) is 49.0 Å². The van der Waals surface area contributed by atoms with Gasteiger partial charge in [0.25, 0.3) is 0 Å². The topological polar surface area (TPSA) is 17.1 Å². The van der Waals surface area contributed by atoms with Gasteiger partial charge in [0.1, 0.15) is 0 Å². The summed E-state index contributed by atoms with van der Waals surface area (Å²) >= 11 is 0. The van der Waals surface area contributed by atoms with Gasteiger partial charge in [0, 0.05) is 11.1 Å². The Morgan fingerprint density at radius 2 is 1.53 bits per heavy atom. The van der Waals surface area contributed by atoms with Gasteiger partial charge < -0.3 is 0 Å². The van der Waals surface area contributed by atoms with Crippen LogP contribution in [0.4, 0.5) is 0 Å². The standard InChI is InChI=1S/C16H12O/c1-10-6-5-9-14-15(10)11(2)12-7-3-4-8-13(12)16(14)17/h3-9H,2H2,1H3. The first kappa shape index (κ1) is 10.0. The number of rotatable bonds is 0. The molecule has 0 amide bonds. The van der Waals surface area contributed by atoms with E-state index in [-0.39, 0.29) is 5.78 Å². The number of aryl methyl sites for hydroxylation is 1. The molecule has 1 aliphatic carbocycles. The third kappa shape index (κ3) is 1.29. The van der Waals surface area contributed by atoms with E-state index in [0.717, 1.165) is 33.4 Å². The Balaban J connectivity index is 2.37. The summed E-state index contributed by atoms with van der Waals surface area (Å²) in [6.45, 7) is 6.16. The average molecular weight is 220 g/mol. The normalized spacial score (nSPS) is 13.2. The lowest BCUT2D eigenvalue weighted by atomic mass is 9.80. The van der Waals surface area contributed by atoms with Crippen molar-refractivity contribution in [2.45, 2.75) is 6.92 Å². The van der Waals surface area contributed by atoms with E-state index in [0.29, 0.717) is 0 Å². The minimum absolute atomic E-state index is 0.103. The van der Waals surface area contributed by atoms with Crippen molar-refractivity contribution in [1.29, 1.82) is 0 Å². The number of ketones is 1. The number of hydrogen-bond donors (Lipinski definition) is 0. The molecular weight excluding hydrogens is 208 g/mol. The first-order chi connectivity index (χ1) is 8.20. The third-order valence-corrected chi connectivity index (χ3v) is 3.32. The van der Waals surface area contributed by atoms with Crippen molar-refractivity contribution in [2.75, 3.05) is 0 Å². The maximum absolute atomic E-state index is 12.4. The van der Waals surface area contributed by atoms with Gasteiger partial charge in [-0.25, -0.2) is 0 Å². The molecule has 0 heterocycles. The summed E-state index contributed by atoms with van der Waals surface area (Å²) in [7, 11) is 0. The lowest BCUT2D eigenvalue weighted by Gasteiger charge is -2.22. The van der Waals surface area contributed by atoms with Crippen molar-refractivity contribution < 1.29 is 4.79 Å². The van der Waals surface area contributed by atoms with Gasteiger partial charge in [-0.3, -0.25) is 4.79 Å². The van der Waals surface area contributed by atoms with Crippen LogP contribution in [-0.4, -0.2) is 5.78 Å². The molecule has 0 spiro atoms. The average Bonchev–Trinajstić information content (AvgIpc) is 2.36. The molecule has 0 atom stereocenters. The van der Waals surface area contributed by atoms with Crippen LogP contribution < -0.4 is 0 Å². The Labute approximate surface area is 100 Å². The molecule has 0 aliphatic heterocycles. The minimum Gasteiger partial charge on any atom is -0.289 e. The fourth-order valence-corrected chi connectivity index (χ4v) is 2.48. The summed E-state index contributed by atoms with van der Waals surface area (Å²) in [6, 6.07) is 13.5. The van der Waals surface area contributed by atoms with E-state index < -0.39 is 0 Å². The second kappa shape index (κ2) is 3.42. The Morgan fingerprint density at radius 3 is 2.29 bits per heavy atom. The Hall–Kier alpha value is -2.15. The van der Waals surface area contributed by atoms with Gasteiger partial charge >= 0.3 is 0 Å². The summed E-state index contributed by atoms with van der Waals surface area (Å²) in [4.78, 5) is 12.4. The predicted molar refractivity (Wildman–Crippen MR) is 69.2 cm³/mol. The third-order valence-electron chi connectivity index (χ3n) is 3.32. The molecule has 0 radical (unpaired) electrons. The van der Waals surface area contributed by atoms with Crippen LogP contribution in [0.1, 0.15) is 32.6 Å². The van der Waals surface area contributed by atoms with Crippen molar-refractivity contribution in [2.24, 2.45) is 0 Å². The molecule has 0 saturated heterocycles. The van der Waals surface area contributed by atoms with Crippen molar-refractivity contribution in [3.63, 3.8) is 0 Å². The first-order valence-electron chi connectivity index (χ1n) is 5.63. The minimum atomic E-state index is 0.103. The monoisotopic (exact) mass is 220 g/mol. The van der Waals surface area contributed by atoms with E-state index in [1.54, 1.807) is 0 Å². The molecular formula is C16H12O. The van der Waals surface area contributed by atoms with E-state index in [2.05, 4.69) is 6.58 Å². The molecule has 17 heavy (non-hydrogen) atoms. The van der Waals surface area contributed by atoms with E-state index in [1.807, 2.05) is 49.4 Å². The van der Waals surface area contributed by atoms with Crippen LogP contribution >= 0.6 is 0 Å². The quantitative estimate of drug-likeness (QED) is 0.565. The lowest BCUT2D eigenvalue weighted by Crippen LogP contribution is -2.14. The van der Waals surface area contributed by atoms with Crippen LogP contribution in [0.25, 0.3) is 5.57 Å². The molecule has 1 aliphatic rings. The van der Waals surface area contributed by atoms with Gasteiger partial charge in [-0.2, -0.15) is 0 Å². The second-order valence-electron chi connectivity index (χ2n) is 4.35. The Morgan fingerprint density at radius 1 is 0.882 bits per heavy atom. The van der Waals surface area contributed by atoms with Crippen LogP contribution in [0, 0.1) is 6.92 Å². The largest absolute Gasteiger partial charge is 0.289 e. The second-order valence-corrected chi connectivity index (χ2v) is 4.35. The zero-order valence-electron chi connectivity index (χ0n) is 9.66. The summed E-state index contributed by atoms with van der Waals surface area (Å²) in [5, 5.41) is 0. The molecule has 2 aromatic rings. The van der Waals surface area contributed by atoms with Crippen molar-refractivity contribution in [3.05, 3.63) is 76.9 Å². The van der Waals surface area contributed by atoms with Crippen molar-refractivity contribution in [3.8, 4) is 0 Å². The van der Waals surface area contributed by atoms with Crippen LogP contribution in [0.3, 0.4) is 0 Å². The molecule has 1 nitrogen and oxygen atoms in total. The van der Waals surface area contributed by atoms with Gasteiger partial charge in [0.2, 0.25) is 0 Å². The summed E-state index contributed by atoms with van der Waals surface area (Å²) in [5.41, 5.74) is 5.54. The number of fused-ring (bicyclic) bond motifs is 2.